The van der Waals surface area contributed by atoms with Crippen molar-refractivity contribution in [3.8, 4) is 11.5 Å². The summed E-state index contributed by atoms with van der Waals surface area (Å²) in [7, 11) is 0. The van der Waals surface area contributed by atoms with Crippen molar-refractivity contribution in [3.05, 3.63) is 82.9 Å². The molecule has 3 aromatic rings. The number of benzene rings is 3. The fraction of sp³-hybridized carbons (Fsp3) is 0.406. The minimum atomic E-state index is -0.0905. The Morgan fingerprint density at radius 1 is 0.947 bits per heavy atom. The van der Waals surface area contributed by atoms with E-state index in [1.165, 1.54) is 0 Å². The van der Waals surface area contributed by atoms with Crippen LogP contribution in [-0.4, -0.2) is 56.6 Å². The second-order valence-electron chi connectivity index (χ2n) is 10.1. The predicted molar refractivity (Wildman–Crippen MR) is 156 cm³/mol. The number of amides is 1. The van der Waals surface area contributed by atoms with Crippen molar-refractivity contribution in [2.45, 2.75) is 39.5 Å². The van der Waals surface area contributed by atoms with Gasteiger partial charge < -0.3 is 25.2 Å². The fourth-order valence-corrected chi connectivity index (χ4v) is 5.62. The summed E-state index contributed by atoms with van der Waals surface area (Å²) in [6, 6.07) is 21.1. The zero-order valence-corrected chi connectivity index (χ0v) is 22.9. The average Bonchev–Trinajstić information content (AvgIpc) is 2.96. The minimum Gasteiger partial charge on any atom is -0.457 e. The largest absolute Gasteiger partial charge is 0.457 e. The number of rotatable bonds is 9. The van der Waals surface area contributed by atoms with Crippen LogP contribution >= 0.6 is 0 Å². The molecule has 5 rings (SSSR count). The molecule has 1 unspecified atom stereocenters. The molecule has 200 valence electrons. The van der Waals surface area contributed by atoms with Crippen LogP contribution in [-0.2, 0) is 0 Å². The Hall–Kier alpha value is -3.51. The third-order valence-corrected chi connectivity index (χ3v) is 7.75. The molecule has 1 saturated heterocycles. The molecule has 0 saturated carbocycles. The first-order valence-electron chi connectivity index (χ1n) is 14.2. The second-order valence-corrected chi connectivity index (χ2v) is 10.1. The molecule has 6 nitrogen and oxygen atoms in total. The molecule has 0 radical (unpaired) electrons. The van der Waals surface area contributed by atoms with Crippen molar-refractivity contribution in [1.29, 1.82) is 0 Å². The lowest BCUT2D eigenvalue weighted by molar-refractivity contribution is 0.0734. The quantitative estimate of drug-likeness (QED) is 0.266. The number of carbonyl (C=O) groups excluding carboxylic acids is 1. The van der Waals surface area contributed by atoms with Crippen LogP contribution in [0.5, 0.6) is 11.5 Å². The standard InChI is InChI=1S/C32H40N4O2/c1-4-7-16-34-23-12-14-27-29(21-23)38-30-22-24(35(5-2)6-3)13-15-28(30)31(27)25-10-8-9-11-26(25)32(37)36-19-17-33-18-20-36/h8-15,21-22,31,33-34H,4-7,16-20H2,1-3H3. The maximum atomic E-state index is 13.8. The van der Waals surface area contributed by atoms with E-state index in [0.29, 0.717) is 0 Å². The number of nitrogens with zero attached hydrogens (tertiary/aromatic N) is 2. The van der Waals surface area contributed by atoms with Gasteiger partial charge in [0.1, 0.15) is 11.5 Å². The highest BCUT2D eigenvalue weighted by molar-refractivity contribution is 5.96. The van der Waals surface area contributed by atoms with Crippen LogP contribution in [0.4, 0.5) is 11.4 Å². The summed E-state index contributed by atoms with van der Waals surface area (Å²) in [6.45, 7) is 12.5. The molecule has 2 aliphatic heterocycles. The van der Waals surface area contributed by atoms with E-state index in [2.05, 4.69) is 78.8 Å². The van der Waals surface area contributed by atoms with Gasteiger partial charge in [0, 0.05) is 91.9 Å². The molecule has 0 aromatic heterocycles. The second kappa shape index (κ2) is 11.9. The van der Waals surface area contributed by atoms with Crippen LogP contribution in [0.15, 0.2) is 60.7 Å². The summed E-state index contributed by atoms with van der Waals surface area (Å²) in [4.78, 5) is 18.1. The van der Waals surface area contributed by atoms with E-state index in [1.807, 2.05) is 23.1 Å². The van der Waals surface area contributed by atoms with Gasteiger partial charge in [0.15, 0.2) is 0 Å². The normalized spacial score (nSPS) is 16.3. The zero-order valence-electron chi connectivity index (χ0n) is 22.9. The van der Waals surface area contributed by atoms with E-state index >= 15 is 0 Å². The van der Waals surface area contributed by atoms with Crippen LogP contribution in [0.2, 0.25) is 0 Å². The van der Waals surface area contributed by atoms with E-state index < -0.39 is 0 Å². The number of unbranched alkanes of at least 4 members (excludes halogenated alkanes) is 1. The van der Waals surface area contributed by atoms with Gasteiger partial charge in [-0.3, -0.25) is 4.79 Å². The van der Waals surface area contributed by atoms with Gasteiger partial charge in [-0.1, -0.05) is 43.7 Å². The number of carbonyl (C=O) groups is 1. The molecule has 0 bridgehead atoms. The Balaban J connectivity index is 1.61. The third-order valence-electron chi connectivity index (χ3n) is 7.75. The number of hydrogen-bond acceptors (Lipinski definition) is 5. The zero-order chi connectivity index (χ0) is 26.5. The van der Waals surface area contributed by atoms with Crippen molar-refractivity contribution in [2.24, 2.45) is 0 Å². The first kappa shape index (κ1) is 26.1. The summed E-state index contributed by atoms with van der Waals surface area (Å²) in [6.07, 6.45) is 2.27. The number of nitrogens with one attached hydrogen (secondary N) is 2. The summed E-state index contributed by atoms with van der Waals surface area (Å²) < 4.78 is 6.60. The summed E-state index contributed by atoms with van der Waals surface area (Å²) in [5.74, 6) is 1.73. The molecular formula is C32H40N4O2. The first-order chi connectivity index (χ1) is 18.6. The van der Waals surface area contributed by atoms with Crippen molar-refractivity contribution in [2.75, 3.05) is 56.0 Å². The molecular weight excluding hydrogens is 472 g/mol. The molecule has 3 aromatic carbocycles. The summed E-state index contributed by atoms with van der Waals surface area (Å²) in [5, 5.41) is 6.89. The lowest BCUT2D eigenvalue weighted by atomic mass is 9.80. The lowest BCUT2D eigenvalue weighted by Gasteiger charge is -2.33. The van der Waals surface area contributed by atoms with Crippen molar-refractivity contribution < 1.29 is 9.53 Å². The summed E-state index contributed by atoms with van der Waals surface area (Å²) in [5.41, 5.74) is 6.21. The molecule has 2 N–H and O–H groups in total. The van der Waals surface area contributed by atoms with Crippen molar-refractivity contribution in [1.82, 2.24) is 10.2 Å². The number of ether oxygens (including phenoxy) is 1. The Morgan fingerprint density at radius 2 is 1.66 bits per heavy atom. The lowest BCUT2D eigenvalue weighted by Crippen LogP contribution is -2.46. The maximum Gasteiger partial charge on any atom is 0.254 e. The number of anilines is 2. The topological polar surface area (TPSA) is 56.8 Å². The van der Waals surface area contributed by atoms with Crippen molar-refractivity contribution >= 4 is 17.3 Å². The molecule has 0 spiro atoms. The molecule has 2 heterocycles. The van der Waals surface area contributed by atoms with E-state index in [9.17, 15) is 4.79 Å². The number of hydrogen-bond donors (Lipinski definition) is 2. The first-order valence-corrected chi connectivity index (χ1v) is 14.2. The SMILES string of the molecule is CCCCNc1ccc2c(c1)Oc1cc(N(CC)CC)ccc1C2c1ccccc1C(=O)N1CCNCC1. The number of piperazine rings is 1. The van der Waals surface area contributed by atoms with Gasteiger partial charge >= 0.3 is 0 Å². The highest BCUT2D eigenvalue weighted by Gasteiger charge is 2.33. The van der Waals surface area contributed by atoms with Crippen LogP contribution in [0.1, 0.15) is 66.6 Å². The van der Waals surface area contributed by atoms with Crippen molar-refractivity contribution in [3.63, 3.8) is 0 Å². The van der Waals surface area contributed by atoms with Gasteiger partial charge in [-0.25, -0.2) is 0 Å². The Labute approximate surface area is 227 Å². The molecule has 6 heteroatoms. The maximum absolute atomic E-state index is 13.8. The highest BCUT2D eigenvalue weighted by Crippen LogP contribution is 2.49. The van der Waals surface area contributed by atoms with Crippen LogP contribution in [0.3, 0.4) is 0 Å². The van der Waals surface area contributed by atoms with E-state index in [-0.39, 0.29) is 11.8 Å². The smallest absolute Gasteiger partial charge is 0.254 e. The van der Waals surface area contributed by atoms with Crippen LogP contribution in [0.25, 0.3) is 0 Å². The van der Waals surface area contributed by atoms with Gasteiger partial charge in [0.2, 0.25) is 0 Å². The predicted octanol–water partition coefficient (Wildman–Crippen LogP) is 6.08. The molecule has 2 aliphatic rings. The fourth-order valence-electron chi connectivity index (χ4n) is 5.62. The molecule has 0 aliphatic carbocycles. The van der Waals surface area contributed by atoms with Crippen LogP contribution < -0.4 is 20.3 Å². The molecule has 1 amide bonds. The molecule has 1 fully saturated rings. The van der Waals surface area contributed by atoms with E-state index in [0.717, 1.165) is 104 Å². The van der Waals surface area contributed by atoms with Gasteiger partial charge in [0.25, 0.3) is 5.91 Å². The minimum absolute atomic E-state index is 0.0905. The summed E-state index contributed by atoms with van der Waals surface area (Å²) >= 11 is 0. The highest BCUT2D eigenvalue weighted by atomic mass is 16.5. The Kier molecular flexibility index (Phi) is 8.18. The average molecular weight is 513 g/mol. The van der Waals surface area contributed by atoms with Gasteiger partial charge in [-0.2, -0.15) is 0 Å². The van der Waals surface area contributed by atoms with Crippen LogP contribution in [0, 0.1) is 0 Å². The van der Waals surface area contributed by atoms with Gasteiger partial charge in [-0.15, -0.1) is 0 Å². The Bertz CT molecular complexity index is 1260. The monoisotopic (exact) mass is 512 g/mol. The molecule has 38 heavy (non-hydrogen) atoms. The third kappa shape index (κ3) is 5.23. The molecule has 1 atom stereocenters. The van der Waals surface area contributed by atoms with E-state index in [1.54, 1.807) is 0 Å². The van der Waals surface area contributed by atoms with Gasteiger partial charge in [-0.05, 0) is 44.0 Å². The number of fused-ring (bicyclic) bond motifs is 2. The van der Waals surface area contributed by atoms with E-state index in [4.69, 9.17) is 4.74 Å². The Morgan fingerprint density at radius 3 is 2.39 bits per heavy atom. The van der Waals surface area contributed by atoms with Gasteiger partial charge in [0.05, 0.1) is 0 Å².